The second-order valence-corrected chi connectivity index (χ2v) is 9.57. The number of phenols is 1. The molecule has 0 fully saturated rings. The Morgan fingerprint density at radius 3 is 2.50 bits per heavy atom. The number of allylic oxidation sites excluding steroid dienone is 6. The zero-order valence-electron chi connectivity index (χ0n) is 19.1. The number of hydrogen-bond donors (Lipinski definition) is 1. The van der Waals surface area contributed by atoms with Crippen LogP contribution in [0, 0.1) is 0 Å². The van der Waals surface area contributed by atoms with Crippen LogP contribution >= 0.6 is 11.6 Å². The highest BCUT2D eigenvalue weighted by Crippen LogP contribution is 2.51. The Balaban J connectivity index is 1.61. The summed E-state index contributed by atoms with van der Waals surface area (Å²) in [6.07, 6.45) is 3.19. The molecule has 3 aliphatic rings. The molecule has 3 aromatic rings. The van der Waals surface area contributed by atoms with Crippen molar-refractivity contribution in [3.8, 4) is 11.4 Å². The molecule has 2 aromatic carbocycles. The van der Waals surface area contributed by atoms with E-state index in [4.69, 9.17) is 11.6 Å². The SMILES string of the molecule is CC1=CC(=O)C2=C(C1=O)[C@@H](c1cc(Cl)ccc1O)C1=CCn3c(=O)n(-c4ccccc4)c(=O)n3[C@@H]1C2. The lowest BCUT2D eigenvalue weighted by Gasteiger charge is -2.39. The van der Waals surface area contributed by atoms with Crippen LogP contribution < -0.4 is 11.4 Å². The van der Waals surface area contributed by atoms with E-state index in [1.165, 1.54) is 27.6 Å². The third-order valence-electron chi connectivity index (χ3n) is 7.15. The van der Waals surface area contributed by atoms with Crippen LogP contribution in [-0.4, -0.2) is 30.6 Å². The van der Waals surface area contributed by atoms with Crippen LogP contribution in [0.3, 0.4) is 0 Å². The largest absolute Gasteiger partial charge is 0.508 e. The number of aromatic nitrogens is 3. The van der Waals surface area contributed by atoms with Gasteiger partial charge in [0, 0.05) is 39.6 Å². The average molecular weight is 502 g/mol. The summed E-state index contributed by atoms with van der Waals surface area (Å²) in [5, 5.41) is 11.1. The number of ketones is 2. The van der Waals surface area contributed by atoms with Crippen LogP contribution in [0.4, 0.5) is 0 Å². The van der Waals surface area contributed by atoms with Gasteiger partial charge in [0.05, 0.1) is 18.3 Å². The highest BCUT2D eigenvalue weighted by atomic mass is 35.5. The van der Waals surface area contributed by atoms with E-state index in [-0.39, 0.29) is 41.4 Å². The molecule has 180 valence electrons. The lowest BCUT2D eigenvalue weighted by molar-refractivity contribution is -0.116. The molecule has 1 N–H and O–H groups in total. The molecular formula is C27H20ClN3O5. The van der Waals surface area contributed by atoms with Gasteiger partial charge in [-0.25, -0.2) is 23.5 Å². The van der Waals surface area contributed by atoms with E-state index in [1.54, 1.807) is 49.4 Å². The molecule has 1 aromatic heterocycles. The summed E-state index contributed by atoms with van der Waals surface area (Å²) in [5.74, 6) is -1.48. The standard InChI is InChI=1S/C27H20ClN3O5/c1-14-11-22(33)19-13-20-17(23(24(19)25(14)34)18-12-15(28)7-8-21(18)32)9-10-29-26(35)30(27(36)31(20)29)16-5-3-2-4-6-16/h2-9,11-12,20,23,32H,10,13H2,1H3/t20-,23-/m1/s1. The number of carbonyl (C=O) groups is 2. The minimum atomic E-state index is -0.798. The van der Waals surface area contributed by atoms with E-state index < -0.39 is 23.3 Å². The number of nitrogens with zero attached hydrogens (tertiary/aromatic N) is 3. The third kappa shape index (κ3) is 3.07. The number of Topliss-reactive ketones (excluding diaryl/α,β-unsaturated/α-hetero) is 1. The molecule has 0 amide bonds. The van der Waals surface area contributed by atoms with E-state index in [0.717, 1.165) is 4.57 Å². The minimum Gasteiger partial charge on any atom is -0.508 e. The molecule has 8 nitrogen and oxygen atoms in total. The molecular weight excluding hydrogens is 482 g/mol. The Bertz CT molecular complexity index is 1700. The van der Waals surface area contributed by atoms with Crippen LogP contribution in [0.25, 0.3) is 5.69 Å². The van der Waals surface area contributed by atoms with Crippen LogP contribution in [0.5, 0.6) is 5.75 Å². The van der Waals surface area contributed by atoms with Crippen LogP contribution in [-0.2, 0) is 16.1 Å². The summed E-state index contributed by atoms with van der Waals surface area (Å²) in [7, 11) is 0. The average Bonchev–Trinajstić information content (AvgIpc) is 3.13. The van der Waals surface area contributed by atoms with Crippen LogP contribution in [0.15, 0.2) is 92.6 Å². The quantitative estimate of drug-likeness (QED) is 0.429. The lowest BCUT2D eigenvalue weighted by Crippen LogP contribution is -2.40. The normalized spacial score (nSPS) is 20.9. The van der Waals surface area contributed by atoms with Gasteiger partial charge >= 0.3 is 11.4 Å². The second kappa shape index (κ2) is 7.93. The molecule has 0 saturated heterocycles. The van der Waals surface area contributed by atoms with E-state index in [2.05, 4.69) is 0 Å². The van der Waals surface area contributed by atoms with Gasteiger partial charge in [0.25, 0.3) is 0 Å². The monoisotopic (exact) mass is 501 g/mol. The van der Waals surface area contributed by atoms with Crippen molar-refractivity contribution in [2.24, 2.45) is 0 Å². The third-order valence-corrected chi connectivity index (χ3v) is 7.38. The summed E-state index contributed by atoms with van der Waals surface area (Å²) >= 11 is 6.26. The Morgan fingerprint density at radius 2 is 1.75 bits per heavy atom. The van der Waals surface area contributed by atoms with E-state index in [1.807, 2.05) is 0 Å². The first-order valence-electron chi connectivity index (χ1n) is 11.5. The lowest BCUT2D eigenvalue weighted by atomic mass is 9.67. The molecule has 0 bridgehead atoms. The Morgan fingerprint density at radius 1 is 1.00 bits per heavy atom. The zero-order valence-corrected chi connectivity index (χ0v) is 19.9. The van der Waals surface area contributed by atoms with Crippen molar-refractivity contribution >= 4 is 23.2 Å². The van der Waals surface area contributed by atoms with Gasteiger partial charge in [-0.1, -0.05) is 35.9 Å². The minimum absolute atomic E-state index is 0.0749. The summed E-state index contributed by atoms with van der Waals surface area (Å²) in [4.78, 5) is 53.4. The number of hydrogen-bond acceptors (Lipinski definition) is 5. The van der Waals surface area contributed by atoms with Gasteiger partial charge < -0.3 is 5.11 Å². The number of phenolic OH excluding ortho intramolecular Hbond substituents is 1. The van der Waals surface area contributed by atoms with E-state index in [0.29, 0.717) is 27.4 Å². The number of halogens is 1. The number of benzene rings is 2. The van der Waals surface area contributed by atoms with Crippen molar-refractivity contribution < 1.29 is 14.7 Å². The van der Waals surface area contributed by atoms with Crippen molar-refractivity contribution in [1.82, 2.24) is 13.9 Å². The summed E-state index contributed by atoms with van der Waals surface area (Å²) in [6.45, 7) is 1.68. The molecule has 0 unspecified atom stereocenters. The summed E-state index contributed by atoms with van der Waals surface area (Å²) in [6, 6.07) is 12.5. The number of fused-ring (bicyclic) bond motifs is 3. The number of para-hydroxylation sites is 1. The van der Waals surface area contributed by atoms with Crippen LogP contribution in [0.1, 0.15) is 30.9 Å². The van der Waals surface area contributed by atoms with Crippen molar-refractivity contribution in [3.63, 3.8) is 0 Å². The summed E-state index contributed by atoms with van der Waals surface area (Å²) < 4.78 is 3.82. The first kappa shape index (κ1) is 22.3. The van der Waals surface area contributed by atoms with Gasteiger partial charge in [-0.15, -0.1) is 0 Å². The fraction of sp³-hybridized carbons (Fsp3) is 0.185. The predicted molar refractivity (Wildman–Crippen MR) is 133 cm³/mol. The maximum Gasteiger partial charge on any atom is 0.352 e. The molecule has 1 aliphatic heterocycles. The number of carbonyl (C=O) groups excluding carboxylic acids is 2. The summed E-state index contributed by atoms with van der Waals surface area (Å²) in [5.41, 5.74) is 1.30. The van der Waals surface area contributed by atoms with Crippen molar-refractivity contribution in [2.75, 3.05) is 0 Å². The zero-order chi connectivity index (χ0) is 25.3. The van der Waals surface area contributed by atoms with Gasteiger partial charge in [0.1, 0.15) is 5.75 Å². The van der Waals surface area contributed by atoms with Gasteiger partial charge in [0.2, 0.25) is 0 Å². The molecule has 9 heteroatoms. The van der Waals surface area contributed by atoms with Gasteiger partial charge in [-0.3, -0.25) is 9.59 Å². The highest BCUT2D eigenvalue weighted by Gasteiger charge is 2.45. The van der Waals surface area contributed by atoms with Crippen LogP contribution in [0.2, 0.25) is 5.02 Å². The molecule has 2 atom stereocenters. The molecule has 2 aliphatic carbocycles. The fourth-order valence-corrected chi connectivity index (χ4v) is 5.72. The van der Waals surface area contributed by atoms with E-state index in [9.17, 15) is 24.3 Å². The van der Waals surface area contributed by atoms with Crippen molar-refractivity contribution in [3.05, 3.63) is 115 Å². The van der Waals surface area contributed by atoms with Crippen molar-refractivity contribution in [1.29, 1.82) is 0 Å². The second-order valence-electron chi connectivity index (χ2n) is 9.14. The Labute approximate surface area is 209 Å². The van der Waals surface area contributed by atoms with Gasteiger partial charge in [0.15, 0.2) is 11.6 Å². The first-order chi connectivity index (χ1) is 17.3. The maximum atomic E-state index is 13.6. The highest BCUT2D eigenvalue weighted by molar-refractivity contribution is 6.30. The topological polar surface area (TPSA) is 103 Å². The molecule has 0 spiro atoms. The predicted octanol–water partition coefficient (Wildman–Crippen LogP) is 3.22. The van der Waals surface area contributed by atoms with Gasteiger partial charge in [-0.05, 0) is 48.9 Å². The Kier molecular flexibility index (Phi) is 4.91. The number of aromatic hydroxyl groups is 1. The number of rotatable bonds is 2. The molecule has 2 heterocycles. The smallest absolute Gasteiger partial charge is 0.352 e. The van der Waals surface area contributed by atoms with E-state index >= 15 is 0 Å². The molecule has 0 radical (unpaired) electrons. The first-order valence-corrected chi connectivity index (χ1v) is 11.8. The van der Waals surface area contributed by atoms with Crippen molar-refractivity contribution in [2.45, 2.75) is 31.8 Å². The fourth-order valence-electron chi connectivity index (χ4n) is 5.54. The molecule has 6 rings (SSSR count). The molecule has 36 heavy (non-hydrogen) atoms. The molecule has 0 saturated carbocycles. The van der Waals surface area contributed by atoms with Gasteiger partial charge in [-0.2, -0.15) is 0 Å². The Hall–Kier alpha value is -4.17. The maximum absolute atomic E-state index is 13.6.